The molecule has 0 aliphatic carbocycles. The second-order valence-electron chi connectivity index (χ2n) is 4.32. The molecule has 1 atom stereocenters. The number of hydrogen-bond donors (Lipinski definition) is 1. The SMILES string of the molecule is CCn1ncnc1C1CNCc2ccccc21. The summed E-state index contributed by atoms with van der Waals surface area (Å²) in [5, 5.41) is 7.71. The molecule has 1 unspecified atom stereocenters. The maximum atomic E-state index is 4.42. The van der Waals surface area contributed by atoms with Crippen LogP contribution in [0.25, 0.3) is 0 Å². The van der Waals surface area contributed by atoms with Crippen molar-refractivity contribution in [3.63, 3.8) is 0 Å². The minimum absolute atomic E-state index is 0.322. The van der Waals surface area contributed by atoms with Crippen LogP contribution in [0.3, 0.4) is 0 Å². The molecule has 17 heavy (non-hydrogen) atoms. The summed E-state index contributed by atoms with van der Waals surface area (Å²) in [4.78, 5) is 4.42. The summed E-state index contributed by atoms with van der Waals surface area (Å²) >= 11 is 0. The van der Waals surface area contributed by atoms with Crippen LogP contribution in [-0.4, -0.2) is 21.3 Å². The van der Waals surface area contributed by atoms with Crippen LogP contribution in [0.2, 0.25) is 0 Å². The van der Waals surface area contributed by atoms with Gasteiger partial charge in [0, 0.05) is 19.6 Å². The van der Waals surface area contributed by atoms with Crippen molar-refractivity contribution in [2.75, 3.05) is 6.54 Å². The zero-order valence-electron chi connectivity index (χ0n) is 9.93. The highest BCUT2D eigenvalue weighted by molar-refractivity contribution is 5.36. The standard InChI is InChI=1S/C13H16N4/c1-2-17-13(15-9-16-17)12-8-14-7-10-5-3-4-6-11(10)12/h3-6,9,12,14H,2,7-8H2,1H3. The van der Waals surface area contributed by atoms with Crippen LogP contribution in [0.1, 0.15) is 29.8 Å². The molecule has 1 N–H and O–H groups in total. The lowest BCUT2D eigenvalue weighted by atomic mass is 9.90. The van der Waals surface area contributed by atoms with E-state index in [1.807, 2.05) is 4.68 Å². The summed E-state index contributed by atoms with van der Waals surface area (Å²) in [6, 6.07) is 8.58. The van der Waals surface area contributed by atoms with Crippen molar-refractivity contribution in [3.05, 3.63) is 47.5 Å². The van der Waals surface area contributed by atoms with Gasteiger partial charge in [-0.15, -0.1) is 0 Å². The highest BCUT2D eigenvalue weighted by Crippen LogP contribution is 2.28. The maximum absolute atomic E-state index is 4.42. The molecule has 4 nitrogen and oxygen atoms in total. The highest BCUT2D eigenvalue weighted by Gasteiger charge is 2.24. The van der Waals surface area contributed by atoms with Gasteiger partial charge in [-0.1, -0.05) is 24.3 Å². The number of rotatable bonds is 2. The Balaban J connectivity index is 2.06. The Bertz CT molecular complexity index is 518. The van der Waals surface area contributed by atoms with E-state index >= 15 is 0 Å². The van der Waals surface area contributed by atoms with E-state index in [-0.39, 0.29) is 0 Å². The minimum atomic E-state index is 0.322. The Morgan fingerprint density at radius 1 is 1.41 bits per heavy atom. The smallest absolute Gasteiger partial charge is 0.138 e. The van der Waals surface area contributed by atoms with Gasteiger partial charge in [-0.2, -0.15) is 5.10 Å². The summed E-state index contributed by atoms with van der Waals surface area (Å²) in [5.74, 6) is 1.38. The van der Waals surface area contributed by atoms with Crippen molar-refractivity contribution in [1.29, 1.82) is 0 Å². The molecule has 0 amide bonds. The first-order valence-corrected chi connectivity index (χ1v) is 6.06. The van der Waals surface area contributed by atoms with Gasteiger partial charge >= 0.3 is 0 Å². The van der Waals surface area contributed by atoms with Crippen LogP contribution in [-0.2, 0) is 13.1 Å². The molecule has 1 aromatic heterocycles. The summed E-state index contributed by atoms with van der Waals surface area (Å²) in [5.41, 5.74) is 2.75. The predicted molar refractivity (Wildman–Crippen MR) is 65.7 cm³/mol. The summed E-state index contributed by atoms with van der Waals surface area (Å²) < 4.78 is 1.98. The molecule has 0 saturated heterocycles. The molecule has 0 radical (unpaired) electrons. The first-order valence-electron chi connectivity index (χ1n) is 6.06. The van der Waals surface area contributed by atoms with Crippen molar-refractivity contribution in [2.24, 2.45) is 0 Å². The Labute approximate surface area is 101 Å². The molecule has 0 bridgehead atoms. The van der Waals surface area contributed by atoms with Gasteiger partial charge in [0.15, 0.2) is 0 Å². The van der Waals surface area contributed by atoms with E-state index in [1.54, 1.807) is 6.33 Å². The van der Waals surface area contributed by atoms with Crippen LogP contribution < -0.4 is 5.32 Å². The van der Waals surface area contributed by atoms with Crippen molar-refractivity contribution >= 4 is 0 Å². The van der Waals surface area contributed by atoms with Crippen molar-refractivity contribution in [3.8, 4) is 0 Å². The fourth-order valence-electron chi connectivity index (χ4n) is 2.51. The van der Waals surface area contributed by atoms with E-state index in [0.29, 0.717) is 5.92 Å². The number of aryl methyl sites for hydroxylation is 1. The Morgan fingerprint density at radius 3 is 3.18 bits per heavy atom. The fourth-order valence-corrected chi connectivity index (χ4v) is 2.51. The van der Waals surface area contributed by atoms with Gasteiger partial charge in [0.1, 0.15) is 12.2 Å². The van der Waals surface area contributed by atoms with Crippen molar-refractivity contribution < 1.29 is 0 Å². The molecule has 0 fully saturated rings. The lowest BCUT2D eigenvalue weighted by Gasteiger charge is -2.25. The van der Waals surface area contributed by atoms with Gasteiger partial charge in [-0.05, 0) is 18.1 Å². The fraction of sp³-hybridized carbons (Fsp3) is 0.385. The minimum Gasteiger partial charge on any atom is -0.312 e. The van der Waals surface area contributed by atoms with Crippen molar-refractivity contribution in [1.82, 2.24) is 20.1 Å². The van der Waals surface area contributed by atoms with Gasteiger partial charge in [-0.3, -0.25) is 0 Å². The normalized spacial score (nSPS) is 19.0. The predicted octanol–water partition coefficient (Wildman–Crippen LogP) is 1.53. The van der Waals surface area contributed by atoms with E-state index in [9.17, 15) is 0 Å². The Morgan fingerprint density at radius 2 is 2.29 bits per heavy atom. The highest BCUT2D eigenvalue weighted by atomic mass is 15.3. The van der Waals surface area contributed by atoms with Gasteiger partial charge in [0.2, 0.25) is 0 Å². The number of benzene rings is 1. The van der Waals surface area contributed by atoms with E-state index in [2.05, 4.69) is 46.6 Å². The van der Waals surface area contributed by atoms with Crippen LogP contribution in [0, 0.1) is 0 Å². The van der Waals surface area contributed by atoms with E-state index < -0.39 is 0 Å². The van der Waals surface area contributed by atoms with Gasteiger partial charge < -0.3 is 5.32 Å². The molecule has 88 valence electrons. The maximum Gasteiger partial charge on any atom is 0.138 e. The molecule has 2 aromatic rings. The number of nitrogens with zero attached hydrogens (tertiary/aromatic N) is 3. The second kappa shape index (κ2) is 4.30. The number of fused-ring (bicyclic) bond motifs is 1. The molecule has 1 aliphatic heterocycles. The molecule has 1 aliphatic rings. The third-order valence-electron chi connectivity index (χ3n) is 3.35. The Hall–Kier alpha value is -1.68. The zero-order chi connectivity index (χ0) is 11.7. The van der Waals surface area contributed by atoms with Gasteiger partial charge in [0.25, 0.3) is 0 Å². The topological polar surface area (TPSA) is 42.7 Å². The average molecular weight is 228 g/mol. The number of nitrogens with one attached hydrogen (secondary N) is 1. The second-order valence-corrected chi connectivity index (χ2v) is 4.32. The van der Waals surface area contributed by atoms with E-state index in [4.69, 9.17) is 0 Å². The number of hydrogen-bond acceptors (Lipinski definition) is 3. The van der Waals surface area contributed by atoms with Crippen LogP contribution in [0.4, 0.5) is 0 Å². The largest absolute Gasteiger partial charge is 0.312 e. The molecule has 2 heterocycles. The third-order valence-corrected chi connectivity index (χ3v) is 3.35. The molecule has 0 saturated carbocycles. The zero-order valence-corrected chi connectivity index (χ0v) is 9.93. The molecule has 1 aromatic carbocycles. The molecule has 3 rings (SSSR count). The van der Waals surface area contributed by atoms with E-state index in [0.717, 1.165) is 25.5 Å². The summed E-state index contributed by atoms with van der Waals surface area (Å²) in [7, 11) is 0. The number of aromatic nitrogens is 3. The molecular formula is C13H16N4. The molecular weight excluding hydrogens is 212 g/mol. The monoisotopic (exact) mass is 228 g/mol. The third kappa shape index (κ3) is 1.74. The quantitative estimate of drug-likeness (QED) is 0.847. The van der Waals surface area contributed by atoms with Crippen molar-refractivity contribution in [2.45, 2.75) is 25.9 Å². The summed E-state index contributed by atoms with van der Waals surface area (Å²) in [6.45, 7) is 4.86. The lowest BCUT2D eigenvalue weighted by molar-refractivity contribution is 0.527. The van der Waals surface area contributed by atoms with Crippen LogP contribution in [0.15, 0.2) is 30.6 Å². The summed E-state index contributed by atoms with van der Waals surface area (Å²) in [6.07, 6.45) is 1.65. The Kier molecular flexibility index (Phi) is 2.65. The van der Waals surface area contributed by atoms with Gasteiger partial charge in [-0.25, -0.2) is 9.67 Å². The van der Waals surface area contributed by atoms with E-state index in [1.165, 1.54) is 11.1 Å². The average Bonchev–Trinajstić information content (AvgIpc) is 2.86. The first-order chi connectivity index (χ1) is 8.40. The van der Waals surface area contributed by atoms with Crippen LogP contribution in [0.5, 0.6) is 0 Å². The van der Waals surface area contributed by atoms with Gasteiger partial charge in [0.05, 0.1) is 5.92 Å². The first kappa shape index (κ1) is 10.5. The molecule has 4 heteroatoms. The lowest BCUT2D eigenvalue weighted by Crippen LogP contribution is -2.30. The van der Waals surface area contributed by atoms with Crippen LogP contribution >= 0.6 is 0 Å². The molecule has 0 spiro atoms.